The van der Waals surface area contributed by atoms with Crippen molar-refractivity contribution in [3.8, 4) is 0 Å². The number of hydrogen-bond donors (Lipinski definition) is 1. The van der Waals surface area contributed by atoms with E-state index in [1.54, 1.807) is 0 Å². The van der Waals surface area contributed by atoms with E-state index in [2.05, 4.69) is 0 Å². The predicted octanol–water partition coefficient (Wildman–Crippen LogP) is 3.36. The number of rotatable bonds is 4. The predicted molar refractivity (Wildman–Crippen MR) is 62.6 cm³/mol. The molecule has 0 heterocycles. The Balaban J connectivity index is 0.00000289. The number of nitro benzene ring substituents is 1. The number of non-ortho nitro benzene ring substituents is 1. The summed E-state index contributed by atoms with van der Waals surface area (Å²) in [6.07, 6.45) is -5.56. The second-order valence-electron chi connectivity index (χ2n) is 3.61. The third-order valence-corrected chi connectivity index (χ3v) is 2.25. The molecule has 0 aliphatic carbocycles. The van der Waals surface area contributed by atoms with Gasteiger partial charge in [0.1, 0.15) is 0 Å². The smallest absolute Gasteiger partial charge is 0.324 e. The molecule has 1 rings (SSSR count). The summed E-state index contributed by atoms with van der Waals surface area (Å²) in [5.41, 5.74) is 5.71. The second-order valence-corrected chi connectivity index (χ2v) is 3.61. The number of nitrogens with two attached hydrogens (primary N) is 1. The van der Waals surface area contributed by atoms with Crippen LogP contribution < -0.4 is 5.73 Å². The molecule has 0 saturated heterocycles. The van der Waals surface area contributed by atoms with Crippen LogP contribution >= 0.6 is 12.4 Å². The molecule has 1 aromatic carbocycles. The van der Waals surface area contributed by atoms with Gasteiger partial charge in [0, 0.05) is 24.6 Å². The molecule has 4 nitrogen and oxygen atoms in total. The fraction of sp³-hybridized carbons (Fsp3) is 0.400. The molecule has 0 saturated carbocycles. The second kappa shape index (κ2) is 6.55. The molecular formula is C10H12ClF3N2O2. The van der Waals surface area contributed by atoms with Crippen LogP contribution in [0.5, 0.6) is 0 Å². The lowest BCUT2D eigenvalue weighted by Crippen LogP contribution is -2.15. The zero-order valence-electron chi connectivity index (χ0n) is 9.18. The average molecular weight is 285 g/mol. The molecule has 0 aliphatic rings. The van der Waals surface area contributed by atoms with Crippen LogP contribution in [0.15, 0.2) is 24.3 Å². The van der Waals surface area contributed by atoms with Gasteiger partial charge < -0.3 is 5.73 Å². The van der Waals surface area contributed by atoms with Gasteiger partial charge in [-0.05, 0) is 12.0 Å². The Morgan fingerprint density at radius 3 is 2.50 bits per heavy atom. The first-order chi connectivity index (χ1) is 7.79. The summed E-state index contributed by atoms with van der Waals surface area (Å²) in [4.78, 5) is 9.87. The Morgan fingerprint density at radius 2 is 2.00 bits per heavy atom. The molecular weight excluding hydrogens is 273 g/mol. The third-order valence-electron chi connectivity index (χ3n) is 2.25. The van der Waals surface area contributed by atoms with E-state index in [1.165, 1.54) is 24.3 Å². The number of benzene rings is 1. The van der Waals surface area contributed by atoms with Crippen molar-refractivity contribution in [1.82, 2.24) is 0 Å². The molecule has 1 atom stereocenters. The molecule has 0 aromatic heterocycles. The molecule has 0 aliphatic heterocycles. The van der Waals surface area contributed by atoms with Crippen molar-refractivity contribution in [1.29, 1.82) is 0 Å². The van der Waals surface area contributed by atoms with E-state index in [4.69, 9.17) is 5.73 Å². The number of alkyl halides is 3. The molecule has 0 unspecified atom stereocenters. The van der Waals surface area contributed by atoms with E-state index >= 15 is 0 Å². The molecule has 0 radical (unpaired) electrons. The highest BCUT2D eigenvalue weighted by atomic mass is 35.5. The number of nitro groups is 1. The van der Waals surface area contributed by atoms with Crippen molar-refractivity contribution in [2.75, 3.05) is 0 Å². The molecule has 18 heavy (non-hydrogen) atoms. The first-order valence-corrected chi connectivity index (χ1v) is 4.86. The van der Waals surface area contributed by atoms with E-state index in [-0.39, 0.29) is 24.5 Å². The molecule has 0 spiro atoms. The van der Waals surface area contributed by atoms with Gasteiger partial charge in [0.25, 0.3) is 5.69 Å². The molecule has 0 bridgehead atoms. The Kier molecular flexibility index (Phi) is 6.07. The van der Waals surface area contributed by atoms with Crippen molar-refractivity contribution in [3.05, 3.63) is 39.9 Å². The molecule has 2 N–H and O–H groups in total. The normalized spacial score (nSPS) is 12.7. The van der Waals surface area contributed by atoms with Crippen molar-refractivity contribution in [2.45, 2.75) is 25.1 Å². The molecule has 0 amide bonds. The molecule has 8 heteroatoms. The maximum absolute atomic E-state index is 12.0. The van der Waals surface area contributed by atoms with Crippen LogP contribution in [0, 0.1) is 10.1 Å². The number of halogens is 4. The highest BCUT2D eigenvalue weighted by Gasteiger charge is 2.28. The largest absolute Gasteiger partial charge is 0.389 e. The van der Waals surface area contributed by atoms with Gasteiger partial charge in [-0.15, -0.1) is 12.4 Å². The maximum atomic E-state index is 12.0. The monoisotopic (exact) mass is 284 g/mol. The average Bonchev–Trinajstić information content (AvgIpc) is 2.25. The van der Waals surface area contributed by atoms with E-state index in [1.807, 2.05) is 0 Å². The number of hydrogen-bond acceptors (Lipinski definition) is 3. The van der Waals surface area contributed by atoms with Crippen LogP contribution in [0.25, 0.3) is 0 Å². The summed E-state index contributed by atoms with van der Waals surface area (Å²) in [5.74, 6) is 0. The Labute approximate surface area is 108 Å². The Morgan fingerprint density at radius 1 is 1.39 bits per heavy atom. The quantitative estimate of drug-likeness (QED) is 0.681. The Bertz CT molecular complexity index is 412. The molecule has 102 valence electrons. The Hall–Kier alpha value is -1.34. The molecule has 0 fully saturated rings. The van der Waals surface area contributed by atoms with Crippen LogP contribution in [0.4, 0.5) is 18.9 Å². The van der Waals surface area contributed by atoms with Crippen molar-refractivity contribution < 1.29 is 18.1 Å². The van der Waals surface area contributed by atoms with Crippen molar-refractivity contribution >= 4 is 18.1 Å². The third kappa shape index (κ3) is 5.33. The standard InChI is InChI=1S/C10H11F3N2O2.ClH/c11-10(12,13)5-4-9(14)7-2-1-3-8(6-7)15(16)17;/h1-3,6,9H,4-5,14H2;1H/t9-;/m0./s1. The van der Waals surface area contributed by atoms with E-state index in [0.717, 1.165) is 0 Å². The van der Waals surface area contributed by atoms with Gasteiger partial charge in [0.05, 0.1) is 4.92 Å². The summed E-state index contributed by atoms with van der Waals surface area (Å²) in [6.45, 7) is 0. The van der Waals surface area contributed by atoms with Crippen molar-refractivity contribution in [2.24, 2.45) is 5.73 Å². The van der Waals surface area contributed by atoms with Crippen LogP contribution in [-0.4, -0.2) is 11.1 Å². The fourth-order valence-corrected chi connectivity index (χ4v) is 1.35. The van der Waals surface area contributed by atoms with Crippen molar-refractivity contribution in [3.63, 3.8) is 0 Å². The maximum Gasteiger partial charge on any atom is 0.389 e. The number of nitrogens with zero attached hydrogens (tertiary/aromatic N) is 1. The van der Waals surface area contributed by atoms with Gasteiger partial charge in [-0.25, -0.2) is 0 Å². The summed E-state index contributed by atoms with van der Waals surface area (Å²) in [6, 6.07) is 4.49. The van der Waals surface area contributed by atoms with E-state index in [9.17, 15) is 23.3 Å². The van der Waals surface area contributed by atoms with Crippen LogP contribution in [0.1, 0.15) is 24.4 Å². The lowest BCUT2D eigenvalue weighted by molar-refractivity contribution is -0.384. The minimum atomic E-state index is -4.27. The van der Waals surface area contributed by atoms with E-state index in [0.29, 0.717) is 5.56 Å². The van der Waals surface area contributed by atoms with E-state index < -0.39 is 23.6 Å². The van der Waals surface area contributed by atoms with Gasteiger partial charge in [0.2, 0.25) is 0 Å². The van der Waals surface area contributed by atoms with Gasteiger partial charge in [-0.2, -0.15) is 13.2 Å². The zero-order valence-corrected chi connectivity index (χ0v) is 10.0. The summed E-state index contributed by atoms with van der Waals surface area (Å²) in [5, 5.41) is 10.5. The van der Waals surface area contributed by atoms with Gasteiger partial charge in [-0.3, -0.25) is 10.1 Å². The highest BCUT2D eigenvalue weighted by molar-refractivity contribution is 5.85. The fourth-order valence-electron chi connectivity index (χ4n) is 1.35. The SMILES string of the molecule is Cl.N[C@@H](CCC(F)(F)F)c1cccc([N+](=O)[O-])c1. The lowest BCUT2D eigenvalue weighted by Gasteiger charge is -2.13. The van der Waals surface area contributed by atoms with Gasteiger partial charge in [0.15, 0.2) is 0 Å². The zero-order chi connectivity index (χ0) is 13.1. The molecule has 1 aromatic rings. The lowest BCUT2D eigenvalue weighted by atomic mass is 10.0. The first-order valence-electron chi connectivity index (χ1n) is 4.86. The van der Waals surface area contributed by atoms with Gasteiger partial charge in [-0.1, -0.05) is 12.1 Å². The topological polar surface area (TPSA) is 69.2 Å². The highest BCUT2D eigenvalue weighted by Crippen LogP contribution is 2.27. The van der Waals surface area contributed by atoms with Crippen LogP contribution in [0.3, 0.4) is 0 Å². The van der Waals surface area contributed by atoms with Crippen LogP contribution in [0.2, 0.25) is 0 Å². The van der Waals surface area contributed by atoms with Crippen LogP contribution in [-0.2, 0) is 0 Å². The first kappa shape index (κ1) is 16.7. The minimum absolute atomic E-state index is 0. The summed E-state index contributed by atoms with van der Waals surface area (Å²) in [7, 11) is 0. The summed E-state index contributed by atoms with van der Waals surface area (Å²) < 4.78 is 35.9. The minimum Gasteiger partial charge on any atom is -0.324 e. The van der Waals surface area contributed by atoms with Gasteiger partial charge >= 0.3 is 6.18 Å². The summed E-state index contributed by atoms with van der Waals surface area (Å²) >= 11 is 0.